The molecular formula is C11H24N2O2. The minimum atomic E-state index is -0.105. The third kappa shape index (κ3) is 5.74. The van der Waals surface area contributed by atoms with Gasteiger partial charge in [-0.2, -0.15) is 0 Å². The summed E-state index contributed by atoms with van der Waals surface area (Å²) in [5.74, 6) is -0.105. The van der Waals surface area contributed by atoms with Crippen LogP contribution in [-0.4, -0.2) is 50.7 Å². The summed E-state index contributed by atoms with van der Waals surface area (Å²) in [5, 5.41) is 3.09. The van der Waals surface area contributed by atoms with E-state index in [9.17, 15) is 4.79 Å². The monoisotopic (exact) mass is 216 g/mol. The number of carbonyl (C=O) groups excluding carboxylic acids is 1. The highest BCUT2D eigenvalue weighted by atomic mass is 16.5. The molecule has 0 rings (SSSR count). The first kappa shape index (κ1) is 14.4. The Morgan fingerprint density at radius 2 is 2.13 bits per heavy atom. The Labute approximate surface area is 93.0 Å². The quantitative estimate of drug-likeness (QED) is 0.483. The molecule has 0 aromatic rings. The fourth-order valence-electron chi connectivity index (χ4n) is 1.56. The number of likely N-dealkylation sites (N-methyl/N-ethyl adjacent to an activating group) is 1. The number of nitrogens with zero attached hydrogens (tertiary/aromatic N) is 1. The first-order valence-electron chi connectivity index (χ1n) is 5.68. The van der Waals surface area contributed by atoms with Crippen LogP contribution in [0.5, 0.6) is 0 Å². The molecule has 0 bridgehead atoms. The molecule has 0 aliphatic rings. The normalized spacial score (nSPS) is 12.9. The molecule has 0 aromatic heterocycles. The molecule has 0 fully saturated rings. The number of hydrogen-bond donors (Lipinski definition) is 1. The van der Waals surface area contributed by atoms with Gasteiger partial charge in [-0.1, -0.05) is 6.92 Å². The number of rotatable bonds is 8. The van der Waals surface area contributed by atoms with Crippen molar-refractivity contribution in [3.05, 3.63) is 0 Å². The van der Waals surface area contributed by atoms with Crippen molar-refractivity contribution in [3.63, 3.8) is 0 Å². The van der Waals surface area contributed by atoms with Crippen LogP contribution in [0.25, 0.3) is 0 Å². The highest BCUT2D eigenvalue weighted by Gasteiger charge is 2.21. The van der Waals surface area contributed by atoms with E-state index in [4.69, 9.17) is 4.74 Å². The summed E-state index contributed by atoms with van der Waals surface area (Å²) >= 11 is 0. The second-order valence-corrected chi connectivity index (χ2v) is 3.61. The van der Waals surface area contributed by atoms with Crippen molar-refractivity contribution >= 4 is 5.97 Å². The average Bonchev–Trinajstić information content (AvgIpc) is 2.19. The number of carbonyl (C=O) groups is 1. The highest BCUT2D eigenvalue weighted by Crippen LogP contribution is 2.04. The van der Waals surface area contributed by atoms with Gasteiger partial charge in [0, 0.05) is 0 Å². The fourth-order valence-corrected chi connectivity index (χ4v) is 1.56. The molecule has 0 amide bonds. The van der Waals surface area contributed by atoms with E-state index in [2.05, 4.69) is 10.2 Å². The van der Waals surface area contributed by atoms with E-state index in [1.165, 1.54) is 0 Å². The summed E-state index contributed by atoms with van der Waals surface area (Å²) in [4.78, 5) is 13.6. The maximum atomic E-state index is 11.6. The molecule has 4 nitrogen and oxygen atoms in total. The Morgan fingerprint density at radius 3 is 2.60 bits per heavy atom. The molecule has 0 saturated carbocycles. The molecule has 0 spiro atoms. The fraction of sp³-hybridized carbons (Fsp3) is 0.909. The SMILES string of the molecule is CCOC(=O)C(CC)N(C)CCCNC. The molecule has 15 heavy (non-hydrogen) atoms. The highest BCUT2D eigenvalue weighted by molar-refractivity contribution is 5.75. The Morgan fingerprint density at radius 1 is 1.47 bits per heavy atom. The number of ether oxygens (including phenoxy) is 1. The molecule has 0 radical (unpaired) electrons. The van der Waals surface area contributed by atoms with Gasteiger partial charge in [-0.25, -0.2) is 0 Å². The molecule has 0 aromatic carbocycles. The zero-order valence-electron chi connectivity index (χ0n) is 10.4. The molecule has 0 saturated heterocycles. The van der Waals surface area contributed by atoms with Crippen LogP contribution in [0, 0.1) is 0 Å². The van der Waals surface area contributed by atoms with Crippen LogP contribution in [0.3, 0.4) is 0 Å². The number of esters is 1. The minimum Gasteiger partial charge on any atom is -0.465 e. The van der Waals surface area contributed by atoms with Crippen molar-refractivity contribution in [1.82, 2.24) is 10.2 Å². The van der Waals surface area contributed by atoms with Crippen LogP contribution < -0.4 is 5.32 Å². The Bertz CT molecular complexity index is 174. The van der Waals surface area contributed by atoms with Gasteiger partial charge in [0.2, 0.25) is 0 Å². The van der Waals surface area contributed by atoms with E-state index in [0.29, 0.717) is 6.61 Å². The van der Waals surface area contributed by atoms with Gasteiger partial charge in [0.15, 0.2) is 0 Å². The predicted octanol–water partition coefficient (Wildman–Crippen LogP) is 0.869. The molecule has 1 unspecified atom stereocenters. The molecule has 4 heteroatoms. The van der Waals surface area contributed by atoms with Crippen molar-refractivity contribution in [2.24, 2.45) is 0 Å². The second kappa shape index (κ2) is 8.68. The summed E-state index contributed by atoms with van der Waals surface area (Å²) in [6.45, 7) is 6.20. The van der Waals surface area contributed by atoms with Crippen molar-refractivity contribution < 1.29 is 9.53 Å². The lowest BCUT2D eigenvalue weighted by Crippen LogP contribution is -2.40. The summed E-state index contributed by atoms with van der Waals surface area (Å²) < 4.78 is 5.03. The van der Waals surface area contributed by atoms with Crippen molar-refractivity contribution in [1.29, 1.82) is 0 Å². The predicted molar refractivity (Wildman–Crippen MR) is 61.9 cm³/mol. The van der Waals surface area contributed by atoms with Crippen LogP contribution in [0.4, 0.5) is 0 Å². The van der Waals surface area contributed by atoms with E-state index in [0.717, 1.165) is 25.9 Å². The molecule has 1 atom stereocenters. The molecule has 0 aliphatic heterocycles. The maximum Gasteiger partial charge on any atom is 0.323 e. The van der Waals surface area contributed by atoms with E-state index in [1.807, 2.05) is 27.9 Å². The van der Waals surface area contributed by atoms with E-state index in [1.54, 1.807) is 0 Å². The van der Waals surface area contributed by atoms with Crippen LogP contribution in [0.1, 0.15) is 26.7 Å². The average molecular weight is 216 g/mol. The molecule has 0 heterocycles. The van der Waals surface area contributed by atoms with Crippen LogP contribution in [0.2, 0.25) is 0 Å². The van der Waals surface area contributed by atoms with E-state index in [-0.39, 0.29) is 12.0 Å². The topological polar surface area (TPSA) is 41.6 Å². The lowest BCUT2D eigenvalue weighted by molar-refractivity contribution is -0.149. The van der Waals surface area contributed by atoms with Gasteiger partial charge < -0.3 is 10.1 Å². The van der Waals surface area contributed by atoms with Gasteiger partial charge >= 0.3 is 5.97 Å². The lowest BCUT2D eigenvalue weighted by Gasteiger charge is -2.25. The summed E-state index contributed by atoms with van der Waals surface area (Å²) in [5.41, 5.74) is 0. The van der Waals surface area contributed by atoms with Gasteiger partial charge in [0.25, 0.3) is 0 Å². The van der Waals surface area contributed by atoms with Crippen LogP contribution in [-0.2, 0) is 9.53 Å². The minimum absolute atomic E-state index is 0.0955. The van der Waals surface area contributed by atoms with Gasteiger partial charge in [0.1, 0.15) is 6.04 Å². The number of hydrogen-bond acceptors (Lipinski definition) is 4. The standard InChI is InChI=1S/C11H24N2O2/c1-5-10(11(14)15-6-2)13(4)9-7-8-12-3/h10,12H,5-9H2,1-4H3. The van der Waals surface area contributed by atoms with Crippen molar-refractivity contribution in [2.45, 2.75) is 32.7 Å². The third-order valence-electron chi connectivity index (χ3n) is 2.42. The summed E-state index contributed by atoms with van der Waals surface area (Å²) in [6.07, 6.45) is 1.85. The third-order valence-corrected chi connectivity index (χ3v) is 2.42. The molecular weight excluding hydrogens is 192 g/mol. The Balaban J connectivity index is 3.97. The molecule has 1 N–H and O–H groups in total. The summed E-state index contributed by atoms with van der Waals surface area (Å²) in [6, 6.07) is -0.0955. The van der Waals surface area contributed by atoms with Gasteiger partial charge in [-0.15, -0.1) is 0 Å². The second-order valence-electron chi connectivity index (χ2n) is 3.61. The van der Waals surface area contributed by atoms with E-state index >= 15 is 0 Å². The van der Waals surface area contributed by atoms with E-state index < -0.39 is 0 Å². The molecule has 0 aliphatic carbocycles. The zero-order valence-corrected chi connectivity index (χ0v) is 10.4. The zero-order chi connectivity index (χ0) is 11.7. The maximum absolute atomic E-state index is 11.6. The van der Waals surface area contributed by atoms with Crippen LogP contribution >= 0.6 is 0 Å². The smallest absolute Gasteiger partial charge is 0.323 e. The first-order valence-corrected chi connectivity index (χ1v) is 5.68. The van der Waals surface area contributed by atoms with Gasteiger partial charge in [-0.3, -0.25) is 9.69 Å². The molecule has 90 valence electrons. The Hall–Kier alpha value is -0.610. The van der Waals surface area contributed by atoms with Crippen molar-refractivity contribution in [3.8, 4) is 0 Å². The van der Waals surface area contributed by atoms with Crippen molar-refractivity contribution in [2.75, 3.05) is 33.8 Å². The lowest BCUT2D eigenvalue weighted by atomic mass is 10.2. The van der Waals surface area contributed by atoms with Crippen LogP contribution in [0.15, 0.2) is 0 Å². The van der Waals surface area contributed by atoms with Gasteiger partial charge in [-0.05, 0) is 47.0 Å². The number of nitrogens with one attached hydrogen (secondary N) is 1. The Kier molecular flexibility index (Phi) is 8.33. The van der Waals surface area contributed by atoms with Gasteiger partial charge in [0.05, 0.1) is 6.61 Å². The summed E-state index contributed by atoms with van der Waals surface area (Å²) in [7, 11) is 3.91. The first-order chi connectivity index (χ1) is 7.17. The largest absolute Gasteiger partial charge is 0.465 e.